The van der Waals surface area contributed by atoms with Crippen LogP contribution in [0.1, 0.15) is 28.3 Å². The molecule has 0 radical (unpaired) electrons. The van der Waals surface area contributed by atoms with Crippen LogP contribution in [0.4, 0.5) is 0 Å². The van der Waals surface area contributed by atoms with Gasteiger partial charge in [-0.25, -0.2) is 10.4 Å². The Hall–Kier alpha value is -1.42. The molecule has 3 nitrogen and oxygen atoms in total. The van der Waals surface area contributed by atoms with Gasteiger partial charge in [-0.05, 0) is 48.2 Å². The summed E-state index contributed by atoms with van der Waals surface area (Å²) in [5.41, 5.74) is 7.48. The first-order valence-electron chi connectivity index (χ1n) is 5.77. The van der Waals surface area contributed by atoms with Crippen LogP contribution in [0, 0.1) is 13.8 Å². The summed E-state index contributed by atoms with van der Waals surface area (Å²) in [6.45, 7) is 4.18. The molecule has 2 rings (SSSR count). The zero-order chi connectivity index (χ0) is 13.1. The van der Waals surface area contributed by atoms with Crippen molar-refractivity contribution in [1.29, 1.82) is 0 Å². The van der Waals surface area contributed by atoms with Crippen molar-refractivity contribution in [3.63, 3.8) is 0 Å². The average molecular weight is 262 g/mol. The molecule has 0 saturated carbocycles. The lowest BCUT2D eigenvalue weighted by Crippen LogP contribution is -2.29. The summed E-state index contributed by atoms with van der Waals surface area (Å²) in [6, 6.07) is 9.86. The molecule has 1 heterocycles. The first-order chi connectivity index (χ1) is 8.63. The molecular weight excluding hydrogens is 246 g/mol. The summed E-state index contributed by atoms with van der Waals surface area (Å²) >= 11 is 5.92. The number of hydrazine groups is 1. The second-order valence-electron chi connectivity index (χ2n) is 4.30. The van der Waals surface area contributed by atoms with Crippen molar-refractivity contribution in [3.8, 4) is 0 Å². The Morgan fingerprint density at radius 2 is 2.06 bits per heavy atom. The maximum absolute atomic E-state index is 5.92. The third-order valence-corrected chi connectivity index (χ3v) is 3.41. The number of halogens is 1. The Morgan fingerprint density at radius 1 is 1.28 bits per heavy atom. The Labute approximate surface area is 112 Å². The van der Waals surface area contributed by atoms with E-state index in [0.29, 0.717) is 5.15 Å². The molecular formula is C14H16ClN3. The number of aromatic nitrogens is 1. The summed E-state index contributed by atoms with van der Waals surface area (Å²) in [5.74, 6) is 5.69. The van der Waals surface area contributed by atoms with E-state index in [9.17, 15) is 0 Å². The second-order valence-corrected chi connectivity index (χ2v) is 4.69. The van der Waals surface area contributed by atoms with E-state index < -0.39 is 0 Å². The van der Waals surface area contributed by atoms with Gasteiger partial charge < -0.3 is 0 Å². The number of hydrogen-bond acceptors (Lipinski definition) is 3. The van der Waals surface area contributed by atoms with Crippen LogP contribution in [0.3, 0.4) is 0 Å². The standard InChI is InChI=1S/C14H16ClN3/c1-9-4-3-5-12(10(9)2)14(18-16)11-6-7-17-13(15)8-11/h3-8,14,18H,16H2,1-2H3. The highest BCUT2D eigenvalue weighted by molar-refractivity contribution is 6.29. The van der Waals surface area contributed by atoms with Crippen molar-refractivity contribution in [3.05, 3.63) is 63.9 Å². The van der Waals surface area contributed by atoms with E-state index >= 15 is 0 Å². The lowest BCUT2D eigenvalue weighted by atomic mass is 9.94. The summed E-state index contributed by atoms with van der Waals surface area (Å²) in [5, 5.41) is 0.470. The van der Waals surface area contributed by atoms with Crippen molar-refractivity contribution < 1.29 is 0 Å². The maximum atomic E-state index is 5.92. The molecule has 1 unspecified atom stereocenters. The fourth-order valence-corrected chi connectivity index (χ4v) is 2.23. The predicted molar refractivity (Wildman–Crippen MR) is 74.3 cm³/mol. The number of nitrogens with two attached hydrogens (primary N) is 1. The highest BCUT2D eigenvalue weighted by atomic mass is 35.5. The summed E-state index contributed by atoms with van der Waals surface area (Å²) in [7, 11) is 0. The van der Waals surface area contributed by atoms with Gasteiger partial charge in [0.15, 0.2) is 0 Å². The minimum absolute atomic E-state index is 0.0783. The fourth-order valence-electron chi connectivity index (χ4n) is 2.05. The largest absolute Gasteiger partial charge is 0.271 e. The molecule has 3 N–H and O–H groups in total. The van der Waals surface area contributed by atoms with E-state index in [-0.39, 0.29) is 6.04 Å². The summed E-state index contributed by atoms with van der Waals surface area (Å²) in [6.07, 6.45) is 1.69. The molecule has 1 aromatic carbocycles. The van der Waals surface area contributed by atoms with Gasteiger partial charge in [0.2, 0.25) is 0 Å². The molecule has 0 fully saturated rings. The van der Waals surface area contributed by atoms with Gasteiger partial charge in [0.05, 0.1) is 6.04 Å². The minimum Gasteiger partial charge on any atom is -0.271 e. The van der Waals surface area contributed by atoms with Crippen LogP contribution >= 0.6 is 11.6 Å². The topological polar surface area (TPSA) is 50.9 Å². The van der Waals surface area contributed by atoms with Crippen LogP contribution in [0.25, 0.3) is 0 Å². The number of pyridine rings is 1. The Morgan fingerprint density at radius 3 is 2.72 bits per heavy atom. The van der Waals surface area contributed by atoms with Crippen molar-refractivity contribution in [2.24, 2.45) is 5.84 Å². The van der Waals surface area contributed by atoms with Crippen LogP contribution in [-0.4, -0.2) is 4.98 Å². The normalized spacial score (nSPS) is 12.4. The van der Waals surface area contributed by atoms with E-state index in [1.807, 2.05) is 18.2 Å². The summed E-state index contributed by atoms with van der Waals surface area (Å²) in [4.78, 5) is 3.99. The van der Waals surface area contributed by atoms with Crippen molar-refractivity contribution in [2.45, 2.75) is 19.9 Å². The van der Waals surface area contributed by atoms with E-state index in [2.05, 4.69) is 36.4 Å². The number of hydrogen-bond donors (Lipinski definition) is 2. The number of nitrogens with zero attached hydrogens (tertiary/aromatic N) is 1. The highest BCUT2D eigenvalue weighted by Gasteiger charge is 2.15. The van der Waals surface area contributed by atoms with Crippen molar-refractivity contribution in [1.82, 2.24) is 10.4 Å². The van der Waals surface area contributed by atoms with E-state index in [0.717, 1.165) is 11.1 Å². The number of aryl methyl sites for hydroxylation is 1. The Bertz CT molecular complexity index is 554. The van der Waals surface area contributed by atoms with E-state index in [1.165, 1.54) is 11.1 Å². The van der Waals surface area contributed by atoms with Crippen LogP contribution in [0.15, 0.2) is 36.5 Å². The van der Waals surface area contributed by atoms with Gasteiger partial charge in [-0.15, -0.1) is 0 Å². The number of nitrogens with one attached hydrogen (secondary N) is 1. The van der Waals surface area contributed by atoms with Crippen LogP contribution in [-0.2, 0) is 0 Å². The predicted octanol–water partition coefficient (Wildman–Crippen LogP) is 2.90. The monoisotopic (exact) mass is 261 g/mol. The van der Waals surface area contributed by atoms with Gasteiger partial charge in [-0.1, -0.05) is 29.8 Å². The molecule has 4 heteroatoms. The highest BCUT2D eigenvalue weighted by Crippen LogP contribution is 2.26. The molecule has 0 spiro atoms. The van der Waals surface area contributed by atoms with Crippen molar-refractivity contribution in [2.75, 3.05) is 0 Å². The van der Waals surface area contributed by atoms with E-state index in [1.54, 1.807) is 6.20 Å². The van der Waals surface area contributed by atoms with Gasteiger partial charge in [0, 0.05) is 6.20 Å². The molecule has 0 amide bonds. The molecule has 94 valence electrons. The minimum atomic E-state index is -0.0783. The van der Waals surface area contributed by atoms with Crippen LogP contribution in [0.5, 0.6) is 0 Å². The number of benzene rings is 1. The zero-order valence-corrected chi connectivity index (χ0v) is 11.2. The van der Waals surface area contributed by atoms with Gasteiger partial charge in [-0.2, -0.15) is 0 Å². The lowest BCUT2D eigenvalue weighted by Gasteiger charge is -2.20. The SMILES string of the molecule is Cc1cccc(C(NN)c2ccnc(Cl)c2)c1C. The molecule has 0 aliphatic rings. The smallest absolute Gasteiger partial charge is 0.129 e. The lowest BCUT2D eigenvalue weighted by molar-refractivity contribution is 0.632. The van der Waals surface area contributed by atoms with Crippen LogP contribution in [0.2, 0.25) is 5.15 Å². The molecule has 1 atom stereocenters. The van der Waals surface area contributed by atoms with Gasteiger partial charge in [0.25, 0.3) is 0 Å². The molecule has 1 aromatic heterocycles. The third-order valence-electron chi connectivity index (χ3n) is 3.21. The molecule has 0 bridgehead atoms. The summed E-state index contributed by atoms with van der Waals surface area (Å²) < 4.78 is 0. The molecule has 18 heavy (non-hydrogen) atoms. The quantitative estimate of drug-likeness (QED) is 0.507. The van der Waals surface area contributed by atoms with Crippen molar-refractivity contribution >= 4 is 11.6 Å². The van der Waals surface area contributed by atoms with Gasteiger partial charge in [-0.3, -0.25) is 5.84 Å². The Kier molecular flexibility index (Phi) is 3.97. The average Bonchev–Trinajstić information content (AvgIpc) is 2.35. The zero-order valence-electron chi connectivity index (χ0n) is 10.4. The second kappa shape index (κ2) is 5.48. The Balaban J connectivity index is 2.49. The van der Waals surface area contributed by atoms with E-state index in [4.69, 9.17) is 17.4 Å². The molecule has 0 aliphatic carbocycles. The molecule has 0 aliphatic heterocycles. The first kappa shape index (κ1) is 13.0. The van der Waals surface area contributed by atoms with Gasteiger partial charge >= 0.3 is 0 Å². The number of rotatable bonds is 3. The first-order valence-corrected chi connectivity index (χ1v) is 6.15. The molecule has 2 aromatic rings. The van der Waals surface area contributed by atoms with Gasteiger partial charge in [0.1, 0.15) is 5.15 Å². The third kappa shape index (κ3) is 2.53. The fraction of sp³-hybridized carbons (Fsp3) is 0.214. The molecule has 0 saturated heterocycles. The maximum Gasteiger partial charge on any atom is 0.129 e. The van der Waals surface area contributed by atoms with Crippen LogP contribution < -0.4 is 11.3 Å².